The first-order valence-corrected chi connectivity index (χ1v) is 7.33. The number of hydrogen-bond acceptors (Lipinski definition) is 5. The third-order valence-electron chi connectivity index (χ3n) is 2.96. The van der Waals surface area contributed by atoms with Crippen LogP contribution in [0.25, 0.3) is 0 Å². The monoisotopic (exact) mass is 251 g/mol. The van der Waals surface area contributed by atoms with Gasteiger partial charge in [-0.25, -0.2) is 0 Å². The molecular weight excluding hydrogens is 226 g/mol. The van der Waals surface area contributed by atoms with Gasteiger partial charge in [-0.3, -0.25) is 0 Å². The first kappa shape index (κ1) is 16.0. The molecule has 0 saturated carbocycles. The maximum absolute atomic E-state index is 9.05. The summed E-state index contributed by atoms with van der Waals surface area (Å²) in [5, 5.41) is 9.05. The Morgan fingerprint density at radius 3 is 1.88 bits per heavy atom. The maximum Gasteiger partial charge on any atom is 0.500 e. The summed E-state index contributed by atoms with van der Waals surface area (Å²) in [6.07, 6.45) is 0.619. The Labute approximate surface area is 99.2 Å². The molecular formula is C10H25NO4Si. The summed E-state index contributed by atoms with van der Waals surface area (Å²) in [5.74, 6) is 0.101. The Morgan fingerprint density at radius 1 is 1.19 bits per heavy atom. The fraction of sp³-hybridized carbons (Fsp3) is 1.00. The number of hydrogen-bond donors (Lipinski definition) is 2. The van der Waals surface area contributed by atoms with Crippen LogP contribution in [0.1, 0.15) is 20.3 Å². The fourth-order valence-corrected chi connectivity index (χ4v) is 4.03. The van der Waals surface area contributed by atoms with Gasteiger partial charge < -0.3 is 24.1 Å². The molecule has 1 atom stereocenters. The summed E-state index contributed by atoms with van der Waals surface area (Å²) in [6, 6.07) is 0.612. The van der Waals surface area contributed by atoms with Gasteiger partial charge in [0.05, 0.1) is 0 Å². The molecule has 0 aromatic heterocycles. The van der Waals surface area contributed by atoms with Crippen LogP contribution < -0.4 is 5.73 Å². The average Bonchev–Trinajstić information content (AvgIpc) is 2.23. The predicted octanol–water partition coefficient (Wildman–Crippen LogP) is 0.600. The first-order valence-electron chi connectivity index (χ1n) is 5.40. The Kier molecular flexibility index (Phi) is 6.69. The van der Waals surface area contributed by atoms with Gasteiger partial charge in [0.25, 0.3) is 0 Å². The van der Waals surface area contributed by atoms with Gasteiger partial charge in [-0.05, 0) is 26.2 Å². The van der Waals surface area contributed by atoms with Crippen molar-refractivity contribution in [3.63, 3.8) is 0 Å². The summed E-state index contributed by atoms with van der Waals surface area (Å²) in [5.41, 5.74) is 5.69. The molecule has 98 valence electrons. The second-order valence-corrected chi connectivity index (χ2v) is 7.53. The zero-order valence-electron chi connectivity index (χ0n) is 10.9. The van der Waals surface area contributed by atoms with Gasteiger partial charge >= 0.3 is 8.80 Å². The molecule has 0 saturated heterocycles. The quantitative estimate of drug-likeness (QED) is 0.618. The summed E-state index contributed by atoms with van der Waals surface area (Å²) >= 11 is 0. The highest BCUT2D eigenvalue weighted by atomic mass is 28.4. The van der Waals surface area contributed by atoms with Crippen LogP contribution >= 0.6 is 0 Å². The van der Waals surface area contributed by atoms with Crippen LogP contribution in [0.5, 0.6) is 0 Å². The molecule has 5 nitrogen and oxygen atoms in total. The Morgan fingerprint density at radius 2 is 1.62 bits per heavy atom. The maximum atomic E-state index is 9.05. The lowest BCUT2D eigenvalue weighted by atomic mass is 9.88. The zero-order valence-corrected chi connectivity index (χ0v) is 11.9. The molecule has 0 aliphatic heterocycles. The van der Waals surface area contributed by atoms with Crippen LogP contribution in [0.4, 0.5) is 0 Å². The predicted molar refractivity (Wildman–Crippen MR) is 65.0 cm³/mol. The highest BCUT2D eigenvalue weighted by Crippen LogP contribution is 2.28. The molecule has 0 fully saturated rings. The Balaban J connectivity index is 4.70. The van der Waals surface area contributed by atoms with E-state index in [9.17, 15) is 0 Å². The third kappa shape index (κ3) is 4.48. The third-order valence-corrected chi connectivity index (χ3v) is 5.82. The van der Waals surface area contributed by atoms with E-state index in [0.29, 0.717) is 12.5 Å². The molecule has 16 heavy (non-hydrogen) atoms. The van der Waals surface area contributed by atoms with Gasteiger partial charge in [-0.1, -0.05) is 0 Å². The van der Waals surface area contributed by atoms with Crippen molar-refractivity contribution in [3.8, 4) is 0 Å². The molecule has 0 spiro atoms. The van der Waals surface area contributed by atoms with Crippen LogP contribution in [0.2, 0.25) is 6.04 Å². The minimum Gasteiger partial charge on any atom is -0.396 e. The number of rotatable bonds is 8. The molecule has 3 N–H and O–H groups in total. The van der Waals surface area contributed by atoms with Crippen molar-refractivity contribution >= 4 is 8.80 Å². The van der Waals surface area contributed by atoms with Gasteiger partial charge in [0.15, 0.2) is 0 Å². The van der Waals surface area contributed by atoms with Gasteiger partial charge in [-0.2, -0.15) is 0 Å². The van der Waals surface area contributed by atoms with Crippen molar-refractivity contribution in [2.75, 3.05) is 27.9 Å². The van der Waals surface area contributed by atoms with Crippen LogP contribution in [0.15, 0.2) is 0 Å². The van der Waals surface area contributed by atoms with Gasteiger partial charge in [0.2, 0.25) is 0 Å². The Bertz CT molecular complexity index is 183. The van der Waals surface area contributed by atoms with E-state index in [0.717, 1.165) is 0 Å². The summed E-state index contributed by atoms with van der Waals surface area (Å²) in [4.78, 5) is 0. The van der Waals surface area contributed by atoms with E-state index in [4.69, 9.17) is 24.1 Å². The smallest absolute Gasteiger partial charge is 0.396 e. The largest absolute Gasteiger partial charge is 0.500 e. The standard InChI is InChI=1S/C10H25NO4Si/c1-10(2,11)9(6-7-12)8-16(13-3,14-4)15-5/h9,12H,6-8,11H2,1-5H3. The lowest BCUT2D eigenvalue weighted by molar-refractivity contribution is 0.108. The minimum absolute atomic E-state index is 0.101. The molecule has 0 aliphatic carbocycles. The van der Waals surface area contributed by atoms with E-state index in [1.807, 2.05) is 13.8 Å². The highest BCUT2D eigenvalue weighted by Gasteiger charge is 2.43. The molecule has 0 heterocycles. The van der Waals surface area contributed by atoms with Crippen molar-refractivity contribution in [1.29, 1.82) is 0 Å². The summed E-state index contributed by atoms with van der Waals surface area (Å²) < 4.78 is 16.1. The fourth-order valence-electron chi connectivity index (χ4n) is 1.69. The first-order chi connectivity index (χ1) is 7.35. The van der Waals surface area contributed by atoms with Crippen LogP contribution in [-0.2, 0) is 13.3 Å². The lowest BCUT2D eigenvalue weighted by Crippen LogP contribution is -2.50. The lowest BCUT2D eigenvalue weighted by Gasteiger charge is -2.35. The second kappa shape index (κ2) is 6.68. The van der Waals surface area contributed by atoms with Crippen molar-refractivity contribution in [2.45, 2.75) is 31.9 Å². The van der Waals surface area contributed by atoms with E-state index < -0.39 is 14.3 Å². The van der Waals surface area contributed by atoms with Gasteiger partial charge in [0, 0.05) is 39.5 Å². The molecule has 0 aromatic carbocycles. The molecule has 0 bridgehead atoms. The average molecular weight is 251 g/mol. The molecule has 0 rings (SSSR count). The number of aliphatic hydroxyl groups is 1. The van der Waals surface area contributed by atoms with E-state index in [1.165, 1.54) is 0 Å². The number of aliphatic hydroxyl groups excluding tert-OH is 1. The molecule has 0 amide bonds. The number of nitrogens with two attached hydrogens (primary N) is 1. The van der Waals surface area contributed by atoms with Gasteiger partial charge in [-0.15, -0.1) is 0 Å². The van der Waals surface area contributed by atoms with E-state index in [1.54, 1.807) is 21.3 Å². The molecule has 0 radical (unpaired) electrons. The SMILES string of the molecule is CO[Si](CC(CCO)C(C)(C)N)(OC)OC. The molecule has 6 heteroatoms. The van der Waals surface area contributed by atoms with Crippen LogP contribution in [0.3, 0.4) is 0 Å². The molecule has 0 aliphatic rings. The molecule has 0 aromatic rings. The van der Waals surface area contributed by atoms with E-state index in [2.05, 4.69) is 0 Å². The van der Waals surface area contributed by atoms with Crippen molar-refractivity contribution in [2.24, 2.45) is 11.7 Å². The van der Waals surface area contributed by atoms with Crippen LogP contribution in [0, 0.1) is 5.92 Å². The zero-order chi connectivity index (χ0) is 12.8. The Hall–Kier alpha value is 0.0169. The van der Waals surface area contributed by atoms with Crippen LogP contribution in [-0.4, -0.2) is 47.4 Å². The summed E-state index contributed by atoms with van der Waals surface area (Å²) in [7, 11) is 2.13. The van der Waals surface area contributed by atoms with Crippen molar-refractivity contribution < 1.29 is 18.4 Å². The second-order valence-electron chi connectivity index (χ2n) is 4.53. The summed E-state index contributed by atoms with van der Waals surface area (Å²) in [6.45, 7) is 3.98. The molecule has 1 unspecified atom stereocenters. The highest BCUT2D eigenvalue weighted by molar-refractivity contribution is 6.60. The minimum atomic E-state index is -2.62. The van der Waals surface area contributed by atoms with Gasteiger partial charge in [0.1, 0.15) is 0 Å². The van der Waals surface area contributed by atoms with E-state index in [-0.39, 0.29) is 12.5 Å². The topological polar surface area (TPSA) is 73.9 Å². The van der Waals surface area contributed by atoms with Crippen molar-refractivity contribution in [1.82, 2.24) is 0 Å². The normalized spacial score (nSPS) is 15.2. The van der Waals surface area contributed by atoms with Crippen molar-refractivity contribution in [3.05, 3.63) is 0 Å². The van der Waals surface area contributed by atoms with E-state index >= 15 is 0 Å².